The van der Waals surface area contributed by atoms with Crippen LogP contribution in [-0.2, 0) is 5.41 Å². The van der Waals surface area contributed by atoms with E-state index in [1.54, 1.807) is 0 Å². The highest BCUT2D eigenvalue weighted by molar-refractivity contribution is 6.22. The molecule has 0 atom stereocenters. The maximum atomic E-state index is 6.51. The zero-order valence-corrected chi connectivity index (χ0v) is 24.6. The average Bonchev–Trinajstić information content (AvgIpc) is 3.68. The summed E-state index contributed by atoms with van der Waals surface area (Å²) in [5.74, 6) is 0. The molecule has 0 N–H and O–H groups in total. The lowest BCUT2D eigenvalue weighted by Crippen LogP contribution is -2.14. The molecule has 0 bridgehead atoms. The molecule has 0 amide bonds. The number of rotatable bonds is 2. The van der Waals surface area contributed by atoms with E-state index in [0.29, 0.717) is 0 Å². The van der Waals surface area contributed by atoms with Crippen molar-refractivity contribution in [3.63, 3.8) is 0 Å². The summed E-state index contributed by atoms with van der Waals surface area (Å²) >= 11 is 0. The second-order valence-electron chi connectivity index (χ2n) is 12.8. The van der Waals surface area contributed by atoms with E-state index in [2.05, 4.69) is 147 Å². The van der Waals surface area contributed by atoms with Crippen molar-refractivity contribution in [2.75, 3.05) is 0 Å². The molecule has 1 aromatic heterocycles. The van der Waals surface area contributed by atoms with E-state index in [-0.39, 0.29) is 5.41 Å². The standard InChI is InChI=1S/C43H28O/c1-43(2)36-17-6-5-12-34(36)41-26(13-8-18-37(41)43)25-20-23-38-35(24-25)42-32(16-9-19-39(42)44-38)29-21-22-33-28-11-4-3-10-27(28)30-14-7-15-31(29)40(30)33/h3-24H,1-2H3. The first-order chi connectivity index (χ1) is 21.6. The van der Waals surface area contributed by atoms with Gasteiger partial charge in [-0.05, 0) is 95.7 Å². The van der Waals surface area contributed by atoms with E-state index >= 15 is 0 Å². The van der Waals surface area contributed by atoms with Crippen LogP contribution < -0.4 is 0 Å². The lowest BCUT2D eigenvalue weighted by Gasteiger charge is -2.21. The molecule has 10 rings (SSSR count). The van der Waals surface area contributed by atoms with Gasteiger partial charge in [0.2, 0.25) is 0 Å². The van der Waals surface area contributed by atoms with Gasteiger partial charge in [-0.15, -0.1) is 0 Å². The SMILES string of the molecule is CC1(C)c2ccccc2-c2c(-c3ccc4oc5cccc(-c6ccc7c8c(cccc68)-c6ccccc6-7)c5c4c3)cccc21. The van der Waals surface area contributed by atoms with Crippen LogP contribution in [0.4, 0.5) is 0 Å². The van der Waals surface area contributed by atoms with Gasteiger partial charge in [0.25, 0.3) is 0 Å². The van der Waals surface area contributed by atoms with Crippen molar-refractivity contribution >= 4 is 32.7 Å². The van der Waals surface area contributed by atoms with Gasteiger partial charge in [-0.2, -0.15) is 0 Å². The van der Waals surface area contributed by atoms with E-state index in [1.165, 1.54) is 82.9 Å². The minimum Gasteiger partial charge on any atom is -0.456 e. The normalized spacial score (nSPS) is 13.9. The third-order valence-electron chi connectivity index (χ3n) is 10.3. The van der Waals surface area contributed by atoms with Gasteiger partial charge in [-0.1, -0.05) is 129 Å². The van der Waals surface area contributed by atoms with E-state index in [4.69, 9.17) is 4.42 Å². The summed E-state index contributed by atoms with van der Waals surface area (Å²) in [5.41, 5.74) is 17.5. The first-order valence-corrected chi connectivity index (χ1v) is 15.4. The molecule has 1 heterocycles. The number of benzene rings is 7. The number of fused-ring (bicyclic) bond motifs is 9. The molecular formula is C43H28O. The molecule has 2 aliphatic carbocycles. The first-order valence-electron chi connectivity index (χ1n) is 15.4. The van der Waals surface area contributed by atoms with Crippen molar-refractivity contribution in [1.82, 2.24) is 0 Å². The quantitative estimate of drug-likeness (QED) is 0.205. The fourth-order valence-corrected chi connectivity index (χ4v) is 8.26. The zero-order chi connectivity index (χ0) is 29.2. The van der Waals surface area contributed by atoms with Crippen LogP contribution in [0.15, 0.2) is 138 Å². The summed E-state index contributed by atoms with van der Waals surface area (Å²) in [6.45, 7) is 4.69. The predicted octanol–water partition coefficient (Wildman–Crippen LogP) is 12.0. The van der Waals surface area contributed by atoms with Gasteiger partial charge in [-0.25, -0.2) is 0 Å². The Morgan fingerprint density at radius 3 is 1.86 bits per heavy atom. The Hall–Kier alpha value is -5.40. The van der Waals surface area contributed by atoms with Crippen molar-refractivity contribution in [2.24, 2.45) is 0 Å². The number of furan rings is 1. The van der Waals surface area contributed by atoms with Crippen molar-refractivity contribution in [2.45, 2.75) is 19.3 Å². The first kappa shape index (κ1) is 24.1. The third-order valence-corrected chi connectivity index (χ3v) is 10.3. The van der Waals surface area contributed by atoms with E-state index < -0.39 is 0 Å². The highest BCUT2D eigenvalue weighted by atomic mass is 16.3. The second kappa shape index (κ2) is 8.36. The van der Waals surface area contributed by atoms with E-state index in [1.807, 2.05) is 0 Å². The van der Waals surface area contributed by atoms with Gasteiger partial charge in [0.05, 0.1) is 0 Å². The van der Waals surface area contributed by atoms with Crippen LogP contribution in [-0.4, -0.2) is 0 Å². The summed E-state index contributed by atoms with van der Waals surface area (Å²) in [6.07, 6.45) is 0. The van der Waals surface area contributed by atoms with Crippen LogP contribution in [0.25, 0.3) is 88.3 Å². The third kappa shape index (κ3) is 2.99. The fourth-order valence-electron chi connectivity index (χ4n) is 8.26. The molecule has 0 unspecified atom stereocenters. The molecule has 206 valence electrons. The summed E-state index contributed by atoms with van der Waals surface area (Å²) < 4.78 is 6.51. The molecule has 7 aromatic carbocycles. The Bertz CT molecular complexity index is 2490. The highest BCUT2D eigenvalue weighted by Gasteiger charge is 2.36. The molecule has 8 aromatic rings. The van der Waals surface area contributed by atoms with Gasteiger partial charge in [0, 0.05) is 16.2 Å². The maximum absolute atomic E-state index is 6.51. The minimum atomic E-state index is -0.0308. The van der Waals surface area contributed by atoms with Crippen LogP contribution in [0, 0.1) is 0 Å². The largest absolute Gasteiger partial charge is 0.456 e. The van der Waals surface area contributed by atoms with Crippen LogP contribution in [0.2, 0.25) is 0 Å². The van der Waals surface area contributed by atoms with Crippen molar-refractivity contribution in [3.05, 3.63) is 145 Å². The molecule has 0 saturated heterocycles. The Morgan fingerprint density at radius 2 is 1.02 bits per heavy atom. The van der Waals surface area contributed by atoms with Crippen LogP contribution in [0.5, 0.6) is 0 Å². The number of hydrogen-bond acceptors (Lipinski definition) is 1. The molecule has 0 fully saturated rings. The lowest BCUT2D eigenvalue weighted by atomic mass is 9.82. The molecule has 1 heteroatoms. The second-order valence-corrected chi connectivity index (χ2v) is 12.8. The van der Waals surface area contributed by atoms with Gasteiger partial charge >= 0.3 is 0 Å². The van der Waals surface area contributed by atoms with Gasteiger partial charge in [-0.3, -0.25) is 0 Å². The highest BCUT2D eigenvalue weighted by Crippen LogP contribution is 2.53. The smallest absolute Gasteiger partial charge is 0.136 e. The summed E-state index contributed by atoms with van der Waals surface area (Å²) in [5, 5.41) is 4.96. The van der Waals surface area contributed by atoms with Crippen LogP contribution in [0.1, 0.15) is 25.0 Å². The van der Waals surface area contributed by atoms with Gasteiger partial charge < -0.3 is 4.42 Å². The van der Waals surface area contributed by atoms with Crippen LogP contribution >= 0.6 is 0 Å². The maximum Gasteiger partial charge on any atom is 0.136 e. The lowest BCUT2D eigenvalue weighted by molar-refractivity contribution is 0.660. The van der Waals surface area contributed by atoms with Gasteiger partial charge in [0.15, 0.2) is 0 Å². The van der Waals surface area contributed by atoms with Crippen molar-refractivity contribution < 1.29 is 4.42 Å². The van der Waals surface area contributed by atoms with Crippen molar-refractivity contribution in [1.29, 1.82) is 0 Å². The minimum absolute atomic E-state index is 0.0308. The molecule has 0 radical (unpaired) electrons. The Morgan fingerprint density at radius 1 is 0.409 bits per heavy atom. The summed E-state index contributed by atoms with van der Waals surface area (Å²) in [7, 11) is 0. The van der Waals surface area contributed by atoms with Crippen LogP contribution in [0.3, 0.4) is 0 Å². The molecule has 44 heavy (non-hydrogen) atoms. The van der Waals surface area contributed by atoms with Crippen molar-refractivity contribution in [3.8, 4) is 55.6 Å². The van der Waals surface area contributed by atoms with E-state index in [0.717, 1.165) is 16.6 Å². The predicted molar refractivity (Wildman–Crippen MR) is 184 cm³/mol. The average molecular weight is 561 g/mol. The molecule has 0 aliphatic heterocycles. The monoisotopic (exact) mass is 560 g/mol. The Labute approximate surface area is 256 Å². The van der Waals surface area contributed by atoms with E-state index in [9.17, 15) is 0 Å². The topological polar surface area (TPSA) is 13.1 Å². The Balaban J connectivity index is 1.23. The summed E-state index contributed by atoms with van der Waals surface area (Å²) in [6, 6.07) is 49.1. The summed E-state index contributed by atoms with van der Waals surface area (Å²) in [4.78, 5) is 0. The molecule has 2 aliphatic rings. The fraction of sp³-hybridized carbons (Fsp3) is 0.0698. The van der Waals surface area contributed by atoms with Gasteiger partial charge in [0.1, 0.15) is 11.2 Å². The Kier molecular flexibility index (Phi) is 4.58. The zero-order valence-electron chi connectivity index (χ0n) is 24.6. The molecule has 0 saturated carbocycles. The molecular weight excluding hydrogens is 532 g/mol. The molecule has 0 spiro atoms. The molecule has 1 nitrogen and oxygen atoms in total. The number of hydrogen-bond donors (Lipinski definition) is 0.